The van der Waals surface area contributed by atoms with Crippen LogP contribution in [0.2, 0.25) is 0 Å². The Labute approximate surface area is 111 Å². The Morgan fingerprint density at radius 3 is 2.89 bits per heavy atom. The van der Waals surface area contributed by atoms with Crippen molar-refractivity contribution in [3.8, 4) is 0 Å². The van der Waals surface area contributed by atoms with Crippen molar-refractivity contribution in [1.29, 1.82) is 0 Å². The fraction of sp³-hybridized carbons (Fsp3) is 0.538. The van der Waals surface area contributed by atoms with Gasteiger partial charge in [0, 0.05) is 30.1 Å². The summed E-state index contributed by atoms with van der Waals surface area (Å²) in [4.78, 5) is 2.25. The van der Waals surface area contributed by atoms with Gasteiger partial charge in [0.1, 0.15) is 0 Å². The predicted molar refractivity (Wildman–Crippen MR) is 71.8 cm³/mol. The molecular weight excluding hydrogens is 254 g/mol. The molecule has 0 saturated carbocycles. The Bertz CT molecular complexity index is 414. The van der Waals surface area contributed by atoms with Gasteiger partial charge in [0.25, 0.3) is 0 Å². The van der Waals surface area contributed by atoms with Crippen LogP contribution in [0, 0.1) is 11.6 Å². The van der Waals surface area contributed by atoms with E-state index in [1.54, 1.807) is 6.07 Å². The minimum absolute atomic E-state index is 0.0485. The van der Waals surface area contributed by atoms with Crippen LogP contribution in [-0.2, 0) is 6.42 Å². The van der Waals surface area contributed by atoms with Crippen LogP contribution in [0.5, 0.6) is 0 Å². The smallest absolute Gasteiger partial charge is 0.159 e. The summed E-state index contributed by atoms with van der Waals surface area (Å²) in [7, 11) is 2.06. The van der Waals surface area contributed by atoms with E-state index in [0.717, 1.165) is 29.7 Å². The number of hydrogen-bond acceptors (Lipinski definition) is 3. The van der Waals surface area contributed by atoms with E-state index in [-0.39, 0.29) is 6.04 Å². The number of halogens is 2. The summed E-state index contributed by atoms with van der Waals surface area (Å²) in [5, 5.41) is 0. The quantitative estimate of drug-likeness (QED) is 0.911. The summed E-state index contributed by atoms with van der Waals surface area (Å²) < 4.78 is 26.0. The first-order valence-corrected chi connectivity index (χ1v) is 7.21. The summed E-state index contributed by atoms with van der Waals surface area (Å²) in [5.41, 5.74) is 6.94. The maximum atomic E-state index is 13.1. The molecule has 1 aromatic carbocycles. The molecule has 5 heteroatoms. The van der Waals surface area contributed by atoms with Gasteiger partial charge in [-0.1, -0.05) is 6.07 Å². The monoisotopic (exact) mass is 272 g/mol. The average Bonchev–Trinajstić information content (AvgIpc) is 2.34. The van der Waals surface area contributed by atoms with Crippen LogP contribution < -0.4 is 5.73 Å². The third-order valence-corrected chi connectivity index (χ3v) is 4.44. The molecule has 0 spiro atoms. The number of nitrogens with zero attached hydrogens (tertiary/aromatic N) is 1. The number of hydrogen-bond donors (Lipinski definition) is 1. The Morgan fingerprint density at radius 1 is 1.44 bits per heavy atom. The van der Waals surface area contributed by atoms with Gasteiger partial charge in [-0.15, -0.1) is 0 Å². The van der Waals surface area contributed by atoms with Crippen LogP contribution in [0.4, 0.5) is 8.78 Å². The minimum atomic E-state index is -0.808. The van der Waals surface area contributed by atoms with E-state index in [4.69, 9.17) is 5.73 Å². The lowest BCUT2D eigenvalue weighted by molar-refractivity contribution is 0.235. The van der Waals surface area contributed by atoms with Crippen molar-refractivity contribution in [3.63, 3.8) is 0 Å². The lowest BCUT2D eigenvalue weighted by Crippen LogP contribution is -2.51. The summed E-state index contributed by atoms with van der Waals surface area (Å²) in [6.07, 6.45) is 0.576. The summed E-state index contributed by atoms with van der Waals surface area (Å²) >= 11 is 1.90. The van der Waals surface area contributed by atoms with Crippen molar-refractivity contribution in [2.75, 3.05) is 25.1 Å². The van der Waals surface area contributed by atoms with Gasteiger partial charge < -0.3 is 10.6 Å². The molecule has 18 heavy (non-hydrogen) atoms. The molecule has 0 radical (unpaired) electrons. The van der Waals surface area contributed by atoms with Crippen LogP contribution in [-0.4, -0.2) is 42.1 Å². The highest BCUT2D eigenvalue weighted by molar-refractivity contribution is 7.99. The van der Waals surface area contributed by atoms with Crippen LogP contribution in [0.1, 0.15) is 5.56 Å². The molecule has 1 aliphatic heterocycles. The molecule has 1 saturated heterocycles. The second-order valence-corrected chi connectivity index (χ2v) is 5.89. The number of likely N-dealkylation sites (N-methyl/N-ethyl adjacent to an activating group) is 1. The minimum Gasteiger partial charge on any atom is -0.326 e. The largest absolute Gasteiger partial charge is 0.326 e. The molecule has 2 atom stereocenters. The Balaban J connectivity index is 2.01. The van der Waals surface area contributed by atoms with E-state index >= 15 is 0 Å². The SMILES string of the molecule is CN1CCSCC1C(N)Cc1ccc(F)c(F)c1. The van der Waals surface area contributed by atoms with E-state index in [1.807, 2.05) is 11.8 Å². The second kappa shape index (κ2) is 5.99. The van der Waals surface area contributed by atoms with E-state index in [0.29, 0.717) is 12.5 Å². The molecule has 0 aliphatic carbocycles. The number of rotatable bonds is 3. The van der Waals surface area contributed by atoms with Gasteiger partial charge in [-0.2, -0.15) is 11.8 Å². The van der Waals surface area contributed by atoms with E-state index in [9.17, 15) is 8.78 Å². The lowest BCUT2D eigenvalue weighted by Gasteiger charge is -2.36. The van der Waals surface area contributed by atoms with E-state index in [1.165, 1.54) is 6.07 Å². The van der Waals surface area contributed by atoms with Crippen molar-refractivity contribution in [2.24, 2.45) is 5.73 Å². The maximum absolute atomic E-state index is 13.1. The van der Waals surface area contributed by atoms with Crippen molar-refractivity contribution in [1.82, 2.24) is 4.90 Å². The topological polar surface area (TPSA) is 29.3 Å². The van der Waals surface area contributed by atoms with Gasteiger partial charge in [0.05, 0.1) is 0 Å². The van der Waals surface area contributed by atoms with Gasteiger partial charge in [-0.25, -0.2) is 8.78 Å². The second-order valence-electron chi connectivity index (χ2n) is 4.74. The molecule has 0 aromatic heterocycles. The lowest BCUT2D eigenvalue weighted by atomic mass is 10.00. The zero-order valence-electron chi connectivity index (χ0n) is 10.4. The molecule has 0 amide bonds. The van der Waals surface area contributed by atoms with Crippen molar-refractivity contribution >= 4 is 11.8 Å². The molecule has 2 unspecified atom stereocenters. The normalized spacial score (nSPS) is 23.0. The fourth-order valence-corrected chi connectivity index (χ4v) is 3.56. The summed E-state index contributed by atoms with van der Waals surface area (Å²) in [6.45, 7) is 1.03. The first kappa shape index (κ1) is 13.8. The van der Waals surface area contributed by atoms with Crippen LogP contribution in [0.3, 0.4) is 0 Å². The molecular formula is C13H18F2N2S. The zero-order chi connectivity index (χ0) is 13.1. The Kier molecular flexibility index (Phi) is 4.59. The third-order valence-electron chi connectivity index (χ3n) is 3.39. The standard InChI is InChI=1S/C13H18F2N2S/c1-17-4-5-18-8-13(17)12(16)7-9-2-3-10(14)11(15)6-9/h2-3,6,12-13H,4-5,7-8,16H2,1H3. The summed E-state index contributed by atoms with van der Waals surface area (Å²) in [5.74, 6) is 0.524. The molecule has 100 valence electrons. The first-order chi connectivity index (χ1) is 8.58. The van der Waals surface area contributed by atoms with Gasteiger partial charge in [-0.3, -0.25) is 0 Å². The number of thioether (sulfide) groups is 1. The van der Waals surface area contributed by atoms with Crippen LogP contribution in [0.15, 0.2) is 18.2 Å². The summed E-state index contributed by atoms with van der Waals surface area (Å²) in [6, 6.07) is 4.26. The predicted octanol–water partition coefficient (Wildman–Crippen LogP) is 1.88. The zero-order valence-corrected chi connectivity index (χ0v) is 11.2. The van der Waals surface area contributed by atoms with E-state index in [2.05, 4.69) is 11.9 Å². The fourth-order valence-electron chi connectivity index (χ4n) is 2.23. The van der Waals surface area contributed by atoms with Crippen molar-refractivity contribution in [3.05, 3.63) is 35.4 Å². The highest BCUT2D eigenvalue weighted by Crippen LogP contribution is 2.19. The highest BCUT2D eigenvalue weighted by Gasteiger charge is 2.25. The third kappa shape index (κ3) is 3.22. The molecule has 1 aromatic rings. The molecule has 1 aliphatic rings. The first-order valence-electron chi connectivity index (χ1n) is 6.05. The Morgan fingerprint density at radius 2 is 2.22 bits per heavy atom. The van der Waals surface area contributed by atoms with Gasteiger partial charge in [0.15, 0.2) is 11.6 Å². The molecule has 2 N–H and O–H groups in total. The molecule has 2 rings (SSSR count). The molecule has 1 heterocycles. The highest BCUT2D eigenvalue weighted by atomic mass is 32.2. The van der Waals surface area contributed by atoms with Crippen molar-refractivity contribution < 1.29 is 8.78 Å². The van der Waals surface area contributed by atoms with Crippen molar-refractivity contribution in [2.45, 2.75) is 18.5 Å². The van der Waals surface area contributed by atoms with Gasteiger partial charge in [-0.05, 0) is 31.2 Å². The molecule has 2 nitrogen and oxygen atoms in total. The van der Waals surface area contributed by atoms with Crippen LogP contribution >= 0.6 is 11.8 Å². The molecule has 0 bridgehead atoms. The van der Waals surface area contributed by atoms with Gasteiger partial charge in [0.2, 0.25) is 0 Å². The molecule has 1 fully saturated rings. The van der Waals surface area contributed by atoms with Gasteiger partial charge >= 0.3 is 0 Å². The number of benzene rings is 1. The maximum Gasteiger partial charge on any atom is 0.159 e. The average molecular weight is 272 g/mol. The van der Waals surface area contributed by atoms with Crippen LogP contribution in [0.25, 0.3) is 0 Å². The Hall–Kier alpha value is -0.650. The number of nitrogens with two attached hydrogens (primary N) is 1. The van der Waals surface area contributed by atoms with E-state index < -0.39 is 11.6 Å².